The van der Waals surface area contributed by atoms with Gasteiger partial charge in [-0.05, 0) is 76.9 Å². The highest BCUT2D eigenvalue weighted by atomic mass is 15.1. The topological polar surface area (TPSA) is 44.1 Å². The molecule has 1 aliphatic heterocycles. The van der Waals surface area contributed by atoms with Crippen molar-refractivity contribution in [3.8, 4) is 27.9 Å². The molecule has 2 N–H and O–H groups in total. The van der Waals surface area contributed by atoms with Crippen molar-refractivity contribution in [1.82, 2.24) is 9.47 Å². The molecule has 4 nitrogen and oxygen atoms in total. The highest BCUT2D eigenvalue weighted by Crippen LogP contribution is 2.37. The molecule has 0 spiro atoms. The van der Waals surface area contributed by atoms with E-state index < -0.39 is 0 Å². The Bertz CT molecular complexity index is 2470. The summed E-state index contributed by atoms with van der Waals surface area (Å²) in [4.78, 5) is 2.15. The van der Waals surface area contributed by atoms with E-state index in [0.29, 0.717) is 5.71 Å². The Hall–Kier alpha value is -6.65. The zero-order valence-electron chi connectivity index (χ0n) is 28.4. The van der Waals surface area contributed by atoms with Gasteiger partial charge < -0.3 is 20.2 Å². The van der Waals surface area contributed by atoms with Crippen LogP contribution in [0.3, 0.4) is 0 Å². The predicted octanol–water partition coefficient (Wildman–Crippen LogP) is 11.7. The molecular weight excluding hydrogens is 621 g/mol. The Morgan fingerprint density at radius 1 is 0.647 bits per heavy atom. The highest BCUT2D eigenvalue weighted by molar-refractivity contribution is 6.10. The molecule has 0 saturated carbocycles. The molecule has 7 aromatic rings. The summed E-state index contributed by atoms with van der Waals surface area (Å²) in [6, 6.07) is 53.7. The number of hydrogen-bond acceptors (Lipinski definition) is 3. The van der Waals surface area contributed by atoms with Gasteiger partial charge >= 0.3 is 0 Å². The number of nitrogens with one attached hydrogen (secondary N) is 2. The van der Waals surface area contributed by atoms with E-state index in [1.54, 1.807) is 0 Å². The monoisotopic (exact) mass is 658 g/mol. The molecule has 8 rings (SSSR count). The van der Waals surface area contributed by atoms with Crippen molar-refractivity contribution in [2.75, 3.05) is 12.4 Å². The zero-order chi connectivity index (χ0) is 34.6. The van der Waals surface area contributed by atoms with Gasteiger partial charge in [-0.3, -0.25) is 0 Å². The summed E-state index contributed by atoms with van der Waals surface area (Å²) >= 11 is 0. The second-order valence-corrected chi connectivity index (χ2v) is 12.8. The minimum absolute atomic E-state index is 0.172. The van der Waals surface area contributed by atoms with E-state index in [1.807, 2.05) is 48.8 Å². The maximum Gasteiger partial charge on any atom is 0.0721 e. The Balaban J connectivity index is 1.04. The van der Waals surface area contributed by atoms with Crippen LogP contribution in [-0.4, -0.2) is 22.2 Å². The molecule has 0 amide bonds. The van der Waals surface area contributed by atoms with Gasteiger partial charge in [0, 0.05) is 52.7 Å². The van der Waals surface area contributed by atoms with Crippen LogP contribution in [0.5, 0.6) is 0 Å². The van der Waals surface area contributed by atoms with Gasteiger partial charge in [-0.2, -0.15) is 0 Å². The third-order valence-corrected chi connectivity index (χ3v) is 9.53. The molecule has 1 aliphatic rings. The first kappa shape index (κ1) is 31.6. The highest BCUT2D eigenvalue weighted by Gasteiger charge is 2.17. The fourth-order valence-corrected chi connectivity index (χ4v) is 6.98. The molecule has 1 atom stereocenters. The fraction of sp³-hybridized carbons (Fsp3) is 0.0426. The molecule has 246 valence electrons. The van der Waals surface area contributed by atoms with Crippen LogP contribution in [-0.2, 0) is 0 Å². The number of benzene rings is 6. The first-order valence-electron chi connectivity index (χ1n) is 17.3. The standard InChI is InChI=1S/C47H38N4/c1-50-33-38(26-28-45(50)35-17-7-3-8-18-35)43(48)22-13-14-30-49-44-27-24-36(31-41(44)34-15-5-2-6-16-34)37-25-29-47-42(32-37)40-21-11-12-23-46(40)51(47)39-19-9-4-10-20-39/h2-33,45,48-49H,1H3/b22-13-,30-14+,48-43?. The number of para-hydroxylation sites is 2. The summed E-state index contributed by atoms with van der Waals surface area (Å²) in [7, 11) is 2.06. The minimum atomic E-state index is 0.172. The summed E-state index contributed by atoms with van der Waals surface area (Å²) in [5.74, 6) is 0. The smallest absolute Gasteiger partial charge is 0.0721 e. The lowest BCUT2D eigenvalue weighted by molar-refractivity contribution is 0.388. The molecule has 0 saturated heterocycles. The Labute approximate surface area is 299 Å². The molecule has 2 heterocycles. The lowest BCUT2D eigenvalue weighted by atomic mass is 9.96. The summed E-state index contributed by atoms with van der Waals surface area (Å²) in [6.45, 7) is 0. The average Bonchev–Trinajstić information content (AvgIpc) is 3.52. The quantitative estimate of drug-likeness (QED) is 0.120. The van der Waals surface area contributed by atoms with Crippen molar-refractivity contribution >= 4 is 33.2 Å². The summed E-state index contributed by atoms with van der Waals surface area (Å²) < 4.78 is 2.35. The Morgan fingerprint density at radius 2 is 1.31 bits per heavy atom. The third-order valence-electron chi connectivity index (χ3n) is 9.53. The van der Waals surface area contributed by atoms with Crippen LogP contribution in [0.15, 0.2) is 200 Å². The van der Waals surface area contributed by atoms with Gasteiger partial charge in [-0.15, -0.1) is 0 Å². The van der Waals surface area contributed by atoms with Gasteiger partial charge in [0.15, 0.2) is 0 Å². The molecule has 0 bridgehead atoms. The Kier molecular flexibility index (Phi) is 8.72. The number of aromatic nitrogens is 1. The maximum absolute atomic E-state index is 8.65. The van der Waals surface area contributed by atoms with E-state index in [4.69, 9.17) is 5.41 Å². The van der Waals surface area contributed by atoms with Gasteiger partial charge in [0.1, 0.15) is 0 Å². The SMILES string of the molecule is CN1C=C(C(=N)/C=C\C=C\Nc2ccc(-c3ccc4c(c3)c3ccccc3n4-c3ccccc3)cc2-c2ccccc2)C=CC1c1ccccc1. The summed E-state index contributed by atoms with van der Waals surface area (Å²) in [5.41, 5.74) is 11.7. The summed E-state index contributed by atoms with van der Waals surface area (Å²) in [5, 5.41) is 14.6. The molecule has 1 aromatic heterocycles. The summed E-state index contributed by atoms with van der Waals surface area (Å²) in [6.07, 6.45) is 13.8. The average molecular weight is 659 g/mol. The lowest BCUT2D eigenvalue weighted by Gasteiger charge is -2.28. The Morgan fingerprint density at radius 3 is 2.10 bits per heavy atom. The van der Waals surface area contributed by atoms with Crippen LogP contribution >= 0.6 is 0 Å². The second kappa shape index (κ2) is 14.1. The number of fused-ring (bicyclic) bond motifs is 3. The van der Waals surface area contributed by atoms with Crippen molar-refractivity contribution in [1.29, 1.82) is 5.41 Å². The molecule has 1 unspecified atom stereocenters. The maximum atomic E-state index is 8.65. The van der Waals surface area contributed by atoms with Crippen LogP contribution in [0.4, 0.5) is 5.69 Å². The first-order valence-corrected chi connectivity index (χ1v) is 17.3. The number of allylic oxidation sites excluding steroid dienone is 5. The molecule has 4 heteroatoms. The van der Waals surface area contributed by atoms with Crippen LogP contribution in [0.1, 0.15) is 11.6 Å². The second-order valence-electron chi connectivity index (χ2n) is 12.8. The number of anilines is 1. The predicted molar refractivity (Wildman–Crippen MR) is 215 cm³/mol. The molecule has 6 aromatic carbocycles. The van der Waals surface area contributed by atoms with Crippen LogP contribution in [0.25, 0.3) is 49.7 Å². The van der Waals surface area contributed by atoms with E-state index in [-0.39, 0.29) is 6.04 Å². The van der Waals surface area contributed by atoms with Crippen molar-refractivity contribution in [3.05, 3.63) is 206 Å². The van der Waals surface area contributed by atoms with Gasteiger partial charge in [-0.25, -0.2) is 0 Å². The van der Waals surface area contributed by atoms with E-state index in [0.717, 1.165) is 33.6 Å². The largest absolute Gasteiger partial charge is 0.369 e. The number of rotatable bonds is 9. The number of hydrogen-bond donors (Lipinski definition) is 2. The molecular formula is C47H38N4. The van der Waals surface area contributed by atoms with Crippen molar-refractivity contribution in [3.63, 3.8) is 0 Å². The third kappa shape index (κ3) is 6.43. The van der Waals surface area contributed by atoms with E-state index in [2.05, 4.69) is 167 Å². The minimum Gasteiger partial charge on any atom is -0.369 e. The van der Waals surface area contributed by atoms with E-state index in [9.17, 15) is 0 Å². The fourth-order valence-electron chi connectivity index (χ4n) is 6.98. The van der Waals surface area contributed by atoms with Crippen LogP contribution in [0.2, 0.25) is 0 Å². The molecule has 0 aliphatic carbocycles. The lowest BCUT2D eigenvalue weighted by Crippen LogP contribution is -2.21. The van der Waals surface area contributed by atoms with Crippen LogP contribution in [0, 0.1) is 5.41 Å². The van der Waals surface area contributed by atoms with Crippen molar-refractivity contribution in [2.45, 2.75) is 6.04 Å². The normalized spacial score (nSPS) is 14.5. The molecule has 51 heavy (non-hydrogen) atoms. The van der Waals surface area contributed by atoms with Crippen molar-refractivity contribution in [2.24, 2.45) is 0 Å². The van der Waals surface area contributed by atoms with Gasteiger partial charge in [-0.1, -0.05) is 127 Å². The van der Waals surface area contributed by atoms with Gasteiger partial charge in [0.2, 0.25) is 0 Å². The van der Waals surface area contributed by atoms with E-state index in [1.165, 1.54) is 32.9 Å². The number of nitrogens with zero attached hydrogens (tertiary/aromatic N) is 2. The van der Waals surface area contributed by atoms with Crippen molar-refractivity contribution < 1.29 is 0 Å². The van der Waals surface area contributed by atoms with Gasteiger partial charge in [0.25, 0.3) is 0 Å². The first-order chi connectivity index (χ1) is 25.1. The molecule has 0 fully saturated rings. The number of likely N-dealkylation sites (N-methyl/N-ethyl adjacent to an activating group) is 1. The van der Waals surface area contributed by atoms with Crippen LogP contribution < -0.4 is 5.32 Å². The van der Waals surface area contributed by atoms with E-state index >= 15 is 0 Å². The zero-order valence-corrected chi connectivity index (χ0v) is 28.4. The van der Waals surface area contributed by atoms with Gasteiger partial charge in [0.05, 0.1) is 22.8 Å². The molecule has 0 radical (unpaired) electrons.